The molecule has 0 unspecified atom stereocenters. The summed E-state index contributed by atoms with van der Waals surface area (Å²) in [6.07, 6.45) is 5.97. The Hall–Kier alpha value is -3.58. The smallest absolute Gasteiger partial charge is 0.274 e. The highest BCUT2D eigenvalue weighted by molar-refractivity contribution is 5.92. The first-order valence-electron chi connectivity index (χ1n) is 12.7. The van der Waals surface area contributed by atoms with E-state index in [0.717, 1.165) is 43.7 Å². The van der Waals surface area contributed by atoms with Crippen LogP contribution >= 0.6 is 0 Å². The summed E-state index contributed by atoms with van der Waals surface area (Å²) in [5.74, 6) is -0.204. The van der Waals surface area contributed by atoms with Crippen LogP contribution in [0.1, 0.15) is 46.6 Å². The van der Waals surface area contributed by atoms with Gasteiger partial charge in [0.2, 0.25) is 5.91 Å². The van der Waals surface area contributed by atoms with Gasteiger partial charge in [0.15, 0.2) is 0 Å². The summed E-state index contributed by atoms with van der Waals surface area (Å²) in [5, 5.41) is 3.19. The molecule has 3 aromatic rings. The molecule has 1 N–H and O–H groups in total. The number of carbonyl (C=O) groups excluding carboxylic acids is 2. The lowest BCUT2D eigenvalue weighted by atomic mass is 10.0. The van der Waals surface area contributed by atoms with E-state index < -0.39 is 0 Å². The van der Waals surface area contributed by atoms with Gasteiger partial charge in [0.1, 0.15) is 5.69 Å². The third-order valence-corrected chi connectivity index (χ3v) is 6.61. The first-order chi connectivity index (χ1) is 17.6. The Kier molecular flexibility index (Phi) is 9.16. The quantitative estimate of drug-likeness (QED) is 0.474. The third kappa shape index (κ3) is 7.71. The molecule has 0 radical (unpaired) electrons. The Labute approximate surface area is 213 Å². The number of likely N-dealkylation sites (tertiary alicyclic amines) is 1. The van der Waals surface area contributed by atoms with Gasteiger partial charge in [-0.15, -0.1) is 0 Å². The van der Waals surface area contributed by atoms with Crippen molar-refractivity contribution in [2.24, 2.45) is 0 Å². The average molecular weight is 486 g/mol. The number of aryl methyl sites for hydroxylation is 1. The van der Waals surface area contributed by atoms with Gasteiger partial charge >= 0.3 is 0 Å². The summed E-state index contributed by atoms with van der Waals surface area (Å²) in [4.78, 5) is 38.5. The fraction of sp³-hybridized carbons (Fsp3) is 0.379. The van der Waals surface area contributed by atoms with Crippen molar-refractivity contribution in [2.75, 3.05) is 26.2 Å². The zero-order valence-corrected chi connectivity index (χ0v) is 21.0. The maximum Gasteiger partial charge on any atom is 0.274 e. The van der Waals surface area contributed by atoms with E-state index in [1.54, 1.807) is 11.1 Å². The molecule has 0 saturated carbocycles. The monoisotopic (exact) mass is 485 g/mol. The SMILES string of the molecule is Cc1cnc(C(=O)N(CCC(=O)NC2CCN(Cc3ccccc3)CC2)CCc2ccccc2)cn1. The van der Waals surface area contributed by atoms with Crippen LogP contribution in [0.5, 0.6) is 0 Å². The first-order valence-corrected chi connectivity index (χ1v) is 12.7. The van der Waals surface area contributed by atoms with Crippen molar-refractivity contribution >= 4 is 11.8 Å². The lowest BCUT2D eigenvalue weighted by Crippen LogP contribution is -2.45. The van der Waals surface area contributed by atoms with E-state index >= 15 is 0 Å². The number of nitrogens with one attached hydrogen (secondary N) is 1. The Bertz CT molecular complexity index is 1100. The predicted molar refractivity (Wildman–Crippen MR) is 140 cm³/mol. The van der Waals surface area contributed by atoms with Crippen molar-refractivity contribution in [3.8, 4) is 0 Å². The van der Waals surface area contributed by atoms with Crippen LogP contribution in [0, 0.1) is 6.92 Å². The van der Waals surface area contributed by atoms with Crippen molar-refractivity contribution < 1.29 is 9.59 Å². The molecule has 7 nitrogen and oxygen atoms in total. The number of rotatable bonds is 10. The third-order valence-electron chi connectivity index (χ3n) is 6.61. The highest BCUT2D eigenvalue weighted by Gasteiger charge is 2.22. The Morgan fingerprint density at radius 2 is 1.58 bits per heavy atom. The van der Waals surface area contributed by atoms with Gasteiger partial charge in [-0.05, 0) is 37.3 Å². The number of piperidine rings is 1. The van der Waals surface area contributed by atoms with Gasteiger partial charge in [0.05, 0.1) is 11.9 Å². The highest BCUT2D eigenvalue weighted by atomic mass is 16.2. The summed E-state index contributed by atoms with van der Waals surface area (Å²) < 4.78 is 0. The number of nitrogens with zero attached hydrogens (tertiary/aromatic N) is 4. The fourth-order valence-electron chi connectivity index (χ4n) is 4.50. The molecular formula is C29H35N5O2. The molecule has 4 rings (SSSR count). The summed E-state index contributed by atoms with van der Waals surface area (Å²) in [6, 6.07) is 20.7. The largest absolute Gasteiger partial charge is 0.353 e. The van der Waals surface area contributed by atoms with Crippen LogP contribution < -0.4 is 5.32 Å². The maximum absolute atomic E-state index is 13.2. The Morgan fingerprint density at radius 3 is 2.22 bits per heavy atom. The van der Waals surface area contributed by atoms with Crippen LogP contribution in [-0.2, 0) is 17.8 Å². The number of hydrogen-bond donors (Lipinski definition) is 1. The van der Waals surface area contributed by atoms with E-state index in [9.17, 15) is 9.59 Å². The van der Waals surface area contributed by atoms with Crippen LogP contribution in [0.2, 0.25) is 0 Å². The topological polar surface area (TPSA) is 78.4 Å². The van der Waals surface area contributed by atoms with Crippen molar-refractivity contribution in [2.45, 2.75) is 45.2 Å². The molecule has 188 valence electrons. The first kappa shape index (κ1) is 25.5. The van der Waals surface area contributed by atoms with E-state index in [1.165, 1.54) is 11.8 Å². The molecule has 1 aliphatic heterocycles. The number of hydrogen-bond acceptors (Lipinski definition) is 5. The van der Waals surface area contributed by atoms with Gasteiger partial charge in [-0.25, -0.2) is 4.98 Å². The number of amides is 2. The molecule has 1 saturated heterocycles. The van der Waals surface area contributed by atoms with Crippen molar-refractivity contribution in [3.05, 3.63) is 95.6 Å². The lowest BCUT2D eigenvalue weighted by molar-refractivity contribution is -0.122. The van der Waals surface area contributed by atoms with E-state index in [1.807, 2.05) is 43.3 Å². The molecule has 36 heavy (non-hydrogen) atoms. The molecule has 0 aliphatic carbocycles. The number of aromatic nitrogens is 2. The highest BCUT2D eigenvalue weighted by Crippen LogP contribution is 2.14. The summed E-state index contributed by atoms with van der Waals surface area (Å²) >= 11 is 0. The molecule has 1 aromatic heterocycles. The molecule has 1 aliphatic rings. The molecule has 2 aromatic carbocycles. The van der Waals surface area contributed by atoms with Gasteiger partial charge in [-0.1, -0.05) is 60.7 Å². The van der Waals surface area contributed by atoms with E-state index in [0.29, 0.717) is 25.2 Å². The fourth-order valence-corrected chi connectivity index (χ4v) is 4.50. The maximum atomic E-state index is 13.2. The van der Waals surface area contributed by atoms with Crippen LogP contribution in [-0.4, -0.2) is 63.8 Å². The van der Waals surface area contributed by atoms with Crippen LogP contribution in [0.25, 0.3) is 0 Å². The van der Waals surface area contributed by atoms with Gasteiger partial charge < -0.3 is 10.2 Å². The van der Waals surface area contributed by atoms with E-state index in [-0.39, 0.29) is 24.3 Å². The normalized spacial score (nSPS) is 14.4. The second-order valence-corrected chi connectivity index (χ2v) is 9.42. The van der Waals surface area contributed by atoms with Crippen molar-refractivity contribution in [3.63, 3.8) is 0 Å². The molecule has 2 heterocycles. The zero-order chi connectivity index (χ0) is 25.2. The van der Waals surface area contributed by atoms with E-state index in [4.69, 9.17) is 0 Å². The molecule has 0 atom stereocenters. The van der Waals surface area contributed by atoms with Crippen LogP contribution in [0.4, 0.5) is 0 Å². The second kappa shape index (κ2) is 12.9. The summed E-state index contributed by atoms with van der Waals surface area (Å²) in [5.41, 5.74) is 3.53. The van der Waals surface area contributed by atoms with Crippen molar-refractivity contribution in [1.82, 2.24) is 25.1 Å². The number of carbonyl (C=O) groups is 2. The molecule has 7 heteroatoms. The minimum absolute atomic E-state index is 0.0102. The zero-order valence-electron chi connectivity index (χ0n) is 21.0. The Morgan fingerprint density at radius 1 is 0.917 bits per heavy atom. The van der Waals surface area contributed by atoms with Crippen LogP contribution in [0.3, 0.4) is 0 Å². The summed E-state index contributed by atoms with van der Waals surface area (Å²) in [6.45, 7) is 5.58. The van der Waals surface area contributed by atoms with Gasteiger partial charge in [-0.2, -0.15) is 0 Å². The van der Waals surface area contributed by atoms with Crippen LogP contribution in [0.15, 0.2) is 73.1 Å². The number of benzene rings is 2. The molecule has 0 spiro atoms. The standard InChI is InChI=1S/C29H35N5O2/c1-23-20-31-27(21-30-23)29(36)34(18-12-24-8-4-2-5-9-24)19-15-28(35)32-26-13-16-33(17-14-26)22-25-10-6-3-7-11-25/h2-11,20-21,26H,12-19,22H2,1H3,(H,32,35). The molecule has 0 bridgehead atoms. The minimum Gasteiger partial charge on any atom is -0.353 e. The van der Waals surface area contributed by atoms with Gasteiger partial charge in [0, 0.05) is 51.4 Å². The van der Waals surface area contributed by atoms with E-state index in [2.05, 4.69) is 44.5 Å². The molecule has 1 fully saturated rings. The Balaban J connectivity index is 1.27. The molecule has 2 amide bonds. The average Bonchev–Trinajstić information content (AvgIpc) is 2.91. The second-order valence-electron chi connectivity index (χ2n) is 9.42. The lowest BCUT2D eigenvalue weighted by Gasteiger charge is -2.32. The van der Waals surface area contributed by atoms with Crippen molar-refractivity contribution in [1.29, 1.82) is 0 Å². The minimum atomic E-state index is -0.194. The predicted octanol–water partition coefficient (Wildman–Crippen LogP) is 3.64. The van der Waals surface area contributed by atoms with Gasteiger partial charge in [-0.3, -0.25) is 19.5 Å². The van der Waals surface area contributed by atoms with Gasteiger partial charge in [0.25, 0.3) is 5.91 Å². The molecular weight excluding hydrogens is 450 g/mol. The summed E-state index contributed by atoms with van der Waals surface area (Å²) in [7, 11) is 0.